The summed E-state index contributed by atoms with van der Waals surface area (Å²) >= 11 is 1.84. The molecule has 0 aliphatic carbocycles. The van der Waals surface area contributed by atoms with E-state index in [0.29, 0.717) is 0 Å². The highest BCUT2D eigenvalue weighted by atomic mass is 32.1. The van der Waals surface area contributed by atoms with Crippen molar-refractivity contribution in [2.45, 2.75) is 0 Å². The third-order valence-electron chi connectivity index (χ3n) is 2.87. The molecule has 18 heavy (non-hydrogen) atoms. The van der Waals surface area contributed by atoms with Crippen molar-refractivity contribution in [2.75, 3.05) is 13.6 Å². The summed E-state index contributed by atoms with van der Waals surface area (Å²) in [5.74, 6) is 6.28. The first-order valence-corrected chi connectivity index (χ1v) is 6.75. The van der Waals surface area contributed by atoms with Crippen LogP contribution in [0, 0.1) is 11.8 Å². The van der Waals surface area contributed by atoms with E-state index in [1.54, 1.807) is 0 Å². The molecule has 3 aromatic rings. The lowest BCUT2D eigenvalue weighted by molar-refractivity contribution is 0.938. The zero-order chi connectivity index (χ0) is 12.4. The second-order valence-electron chi connectivity index (χ2n) is 4.14. The second kappa shape index (κ2) is 4.81. The number of rotatable bonds is 1. The molecular weight excluding hydrogens is 238 g/mol. The Hall–Kier alpha value is -1.82. The van der Waals surface area contributed by atoms with E-state index in [1.165, 1.54) is 20.2 Å². The summed E-state index contributed by atoms with van der Waals surface area (Å²) < 4.78 is 2.67. The van der Waals surface area contributed by atoms with Crippen LogP contribution in [0.3, 0.4) is 0 Å². The monoisotopic (exact) mass is 251 g/mol. The molecule has 3 rings (SSSR count). The predicted octanol–water partition coefficient (Wildman–Crippen LogP) is 3.63. The minimum atomic E-state index is 0.725. The Balaban J connectivity index is 2.16. The van der Waals surface area contributed by atoms with Gasteiger partial charge < -0.3 is 5.32 Å². The van der Waals surface area contributed by atoms with Crippen LogP contribution in [0.1, 0.15) is 5.56 Å². The van der Waals surface area contributed by atoms with Gasteiger partial charge in [0.15, 0.2) is 0 Å². The maximum atomic E-state index is 3.18. The Morgan fingerprint density at radius 3 is 2.78 bits per heavy atom. The zero-order valence-electron chi connectivity index (χ0n) is 10.2. The molecule has 0 bridgehead atoms. The Morgan fingerprint density at radius 2 is 1.89 bits per heavy atom. The average Bonchev–Trinajstić information content (AvgIpc) is 2.77. The molecule has 1 heterocycles. The van der Waals surface area contributed by atoms with Crippen molar-refractivity contribution in [3.63, 3.8) is 0 Å². The van der Waals surface area contributed by atoms with Gasteiger partial charge in [-0.3, -0.25) is 0 Å². The summed E-state index contributed by atoms with van der Waals surface area (Å²) in [4.78, 5) is 0. The van der Waals surface area contributed by atoms with E-state index in [-0.39, 0.29) is 0 Å². The van der Waals surface area contributed by atoms with E-state index in [9.17, 15) is 0 Å². The van der Waals surface area contributed by atoms with Crippen molar-refractivity contribution in [1.82, 2.24) is 5.32 Å². The van der Waals surface area contributed by atoms with Crippen molar-refractivity contribution in [3.8, 4) is 11.8 Å². The van der Waals surface area contributed by atoms with E-state index in [0.717, 1.165) is 12.1 Å². The van der Waals surface area contributed by atoms with Gasteiger partial charge >= 0.3 is 0 Å². The third-order valence-corrected chi connectivity index (χ3v) is 4.03. The number of hydrogen-bond donors (Lipinski definition) is 1. The summed E-state index contributed by atoms with van der Waals surface area (Å²) in [6.07, 6.45) is 0. The molecule has 0 spiro atoms. The molecule has 0 aliphatic rings. The van der Waals surface area contributed by atoms with Gasteiger partial charge in [0.25, 0.3) is 0 Å². The summed E-state index contributed by atoms with van der Waals surface area (Å²) in [6, 6.07) is 15.0. The van der Waals surface area contributed by atoms with Crippen LogP contribution in [0.2, 0.25) is 0 Å². The maximum absolute atomic E-state index is 3.18. The molecule has 1 aromatic heterocycles. The largest absolute Gasteiger partial charge is 0.309 e. The first-order chi connectivity index (χ1) is 8.88. The second-order valence-corrected chi connectivity index (χ2v) is 5.23. The SMILES string of the molecule is CNCC#Cc1ccc2sc3ccccc3c2c1. The number of hydrogen-bond acceptors (Lipinski definition) is 2. The molecule has 1 nitrogen and oxygen atoms in total. The topological polar surface area (TPSA) is 12.0 Å². The van der Waals surface area contributed by atoms with Crippen LogP contribution in [0.4, 0.5) is 0 Å². The molecule has 0 radical (unpaired) electrons. The van der Waals surface area contributed by atoms with Gasteiger partial charge in [0.05, 0.1) is 6.54 Å². The van der Waals surface area contributed by atoms with Crippen LogP contribution in [0.15, 0.2) is 42.5 Å². The fourth-order valence-corrected chi connectivity index (χ4v) is 3.12. The van der Waals surface area contributed by atoms with Crippen LogP contribution in [-0.4, -0.2) is 13.6 Å². The molecule has 0 amide bonds. The first kappa shape index (κ1) is 11.3. The zero-order valence-corrected chi connectivity index (χ0v) is 11.0. The number of fused-ring (bicyclic) bond motifs is 3. The molecular formula is C16H13NS. The van der Waals surface area contributed by atoms with Crippen LogP contribution in [-0.2, 0) is 0 Å². The molecule has 0 saturated carbocycles. The van der Waals surface area contributed by atoms with Crippen molar-refractivity contribution in [2.24, 2.45) is 0 Å². The predicted molar refractivity (Wildman–Crippen MR) is 80.1 cm³/mol. The summed E-state index contributed by atoms with van der Waals surface area (Å²) in [7, 11) is 1.91. The van der Waals surface area contributed by atoms with Gasteiger partial charge in [-0.25, -0.2) is 0 Å². The van der Waals surface area contributed by atoms with Gasteiger partial charge in [0, 0.05) is 25.7 Å². The lowest BCUT2D eigenvalue weighted by atomic mass is 10.1. The number of nitrogens with one attached hydrogen (secondary N) is 1. The smallest absolute Gasteiger partial charge is 0.0577 e. The molecule has 1 N–H and O–H groups in total. The molecule has 88 valence electrons. The third kappa shape index (κ3) is 1.99. The number of thiophene rings is 1. The molecule has 0 aliphatic heterocycles. The fraction of sp³-hybridized carbons (Fsp3) is 0.125. The van der Waals surface area contributed by atoms with Crippen LogP contribution in [0.25, 0.3) is 20.2 Å². The van der Waals surface area contributed by atoms with Crippen LogP contribution >= 0.6 is 11.3 Å². The molecule has 0 unspecified atom stereocenters. The normalized spacial score (nSPS) is 10.5. The van der Waals surface area contributed by atoms with Crippen molar-refractivity contribution < 1.29 is 0 Å². The lowest BCUT2D eigenvalue weighted by Crippen LogP contribution is -2.04. The van der Waals surface area contributed by atoms with Crippen LogP contribution in [0.5, 0.6) is 0 Å². The maximum Gasteiger partial charge on any atom is 0.0577 e. The van der Waals surface area contributed by atoms with Crippen molar-refractivity contribution >= 4 is 31.5 Å². The molecule has 2 heteroatoms. The van der Waals surface area contributed by atoms with Gasteiger partial charge in [-0.05, 0) is 31.3 Å². The Labute approximate surface area is 110 Å². The average molecular weight is 251 g/mol. The van der Waals surface area contributed by atoms with E-state index in [2.05, 4.69) is 59.6 Å². The highest BCUT2D eigenvalue weighted by Crippen LogP contribution is 2.33. The molecule has 0 fully saturated rings. The molecule has 2 aromatic carbocycles. The van der Waals surface area contributed by atoms with E-state index in [4.69, 9.17) is 0 Å². The molecule has 0 saturated heterocycles. The number of benzene rings is 2. The van der Waals surface area contributed by atoms with E-state index in [1.807, 2.05) is 18.4 Å². The summed E-state index contributed by atoms with van der Waals surface area (Å²) in [5.41, 5.74) is 1.08. The lowest BCUT2D eigenvalue weighted by Gasteiger charge is -1.93. The van der Waals surface area contributed by atoms with Gasteiger partial charge in [0.2, 0.25) is 0 Å². The van der Waals surface area contributed by atoms with Gasteiger partial charge in [-0.1, -0.05) is 30.0 Å². The standard InChI is InChI=1S/C16H13NS/c1-17-10-4-5-12-8-9-16-14(11-12)13-6-2-3-7-15(13)18-16/h2-3,6-9,11,17H,10H2,1H3. The Morgan fingerprint density at radius 1 is 1.06 bits per heavy atom. The quantitative estimate of drug-likeness (QED) is 0.651. The highest BCUT2D eigenvalue weighted by Gasteiger charge is 2.03. The fourth-order valence-electron chi connectivity index (χ4n) is 2.04. The first-order valence-electron chi connectivity index (χ1n) is 5.93. The van der Waals surface area contributed by atoms with Crippen LogP contribution < -0.4 is 5.32 Å². The van der Waals surface area contributed by atoms with E-state index >= 15 is 0 Å². The Kier molecular flexibility index (Phi) is 3.02. The highest BCUT2D eigenvalue weighted by molar-refractivity contribution is 7.25. The van der Waals surface area contributed by atoms with Crippen molar-refractivity contribution in [3.05, 3.63) is 48.0 Å². The minimum absolute atomic E-state index is 0.725. The van der Waals surface area contributed by atoms with Crippen molar-refractivity contribution in [1.29, 1.82) is 0 Å². The molecule has 0 atom stereocenters. The summed E-state index contributed by atoms with van der Waals surface area (Å²) in [6.45, 7) is 0.725. The Bertz CT molecular complexity index is 759. The van der Waals surface area contributed by atoms with Gasteiger partial charge in [0.1, 0.15) is 0 Å². The summed E-state index contributed by atoms with van der Waals surface area (Å²) in [5, 5.41) is 5.67. The van der Waals surface area contributed by atoms with Gasteiger partial charge in [-0.2, -0.15) is 0 Å². The van der Waals surface area contributed by atoms with Gasteiger partial charge in [-0.15, -0.1) is 11.3 Å². The van der Waals surface area contributed by atoms with E-state index < -0.39 is 0 Å². The minimum Gasteiger partial charge on any atom is -0.309 e.